The van der Waals surface area contributed by atoms with Crippen LogP contribution in [0.15, 0.2) is 54.6 Å². The van der Waals surface area contributed by atoms with E-state index in [0.29, 0.717) is 10.0 Å². The number of hydrogen-bond acceptors (Lipinski definition) is 4. The molecule has 0 aromatic heterocycles. The van der Waals surface area contributed by atoms with Crippen molar-refractivity contribution in [3.63, 3.8) is 0 Å². The molecule has 0 saturated carbocycles. The van der Waals surface area contributed by atoms with Gasteiger partial charge in [0.25, 0.3) is 10.1 Å². The van der Waals surface area contributed by atoms with Crippen LogP contribution >= 0.6 is 46.4 Å². The highest BCUT2D eigenvalue weighted by molar-refractivity contribution is 7.87. The van der Waals surface area contributed by atoms with Crippen LogP contribution in [-0.4, -0.2) is 23.2 Å². The maximum atomic E-state index is 12.9. The number of benzene rings is 3. The Morgan fingerprint density at radius 2 is 1.14 bits per heavy atom. The molecular formula is C19H12Cl4O5S. The van der Waals surface area contributed by atoms with E-state index < -0.39 is 31.4 Å². The van der Waals surface area contributed by atoms with Gasteiger partial charge in [-0.1, -0.05) is 70.7 Å². The van der Waals surface area contributed by atoms with E-state index in [1.807, 2.05) is 0 Å². The molecule has 0 heterocycles. The first-order valence-corrected chi connectivity index (χ1v) is 10.8. The maximum Gasteiger partial charge on any atom is 0.283 e. The van der Waals surface area contributed by atoms with Crippen LogP contribution in [0.1, 0.15) is 16.7 Å². The van der Waals surface area contributed by atoms with Crippen molar-refractivity contribution >= 4 is 56.5 Å². The molecule has 0 aliphatic rings. The maximum absolute atomic E-state index is 12.9. The van der Waals surface area contributed by atoms with Crippen LogP contribution in [-0.2, 0) is 14.9 Å². The predicted molar refractivity (Wildman–Crippen MR) is 114 cm³/mol. The van der Waals surface area contributed by atoms with Gasteiger partial charge in [0.05, 0.1) is 5.02 Å². The van der Waals surface area contributed by atoms with Crippen molar-refractivity contribution in [3.05, 3.63) is 91.4 Å². The summed E-state index contributed by atoms with van der Waals surface area (Å²) in [5.41, 5.74) is -0.280. The first-order valence-electron chi connectivity index (χ1n) is 7.89. The molecule has 0 spiro atoms. The molecule has 0 radical (unpaired) electrons. The number of halogens is 4. The lowest BCUT2D eigenvalue weighted by atomic mass is 9.83. The van der Waals surface area contributed by atoms with Crippen LogP contribution in [0, 0.1) is 0 Å². The second kappa shape index (κ2) is 7.87. The van der Waals surface area contributed by atoms with Crippen molar-refractivity contribution in [3.8, 4) is 11.5 Å². The molecule has 0 atom stereocenters. The molecule has 152 valence electrons. The van der Waals surface area contributed by atoms with E-state index in [1.54, 1.807) is 0 Å². The largest absolute Gasteiger partial charge is 0.506 e. The Morgan fingerprint density at radius 3 is 1.52 bits per heavy atom. The van der Waals surface area contributed by atoms with Crippen LogP contribution in [0.25, 0.3) is 0 Å². The number of phenolic OH excluding ortho intramolecular Hbond substituents is 2. The minimum Gasteiger partial charge on any atom is -0.506 e. The molecular weight excluding hydrogens is 482 g/mol. The van der Waals surface area contributed by atoms with E-state index in [9.17, 15) is 23.2 Å². The first-order chi connectivity index (χ1) is 13.5. The van der Waals surface area contributed by atoms with Crippen LogP contribution in [0.3, 0.4) is 0 Å². The molecule has 3 rings (SSSR count). The van der Waals surface area contributed by atoms with E-state index in [2.05, 4.69) is 0 Å². The van der Waals surface area contributed by atoms with Gasteiger partial charge in [0, 0.05) is 15.6 Å². The van der Waals surface area contributed by atoms with Crippen LogP contribution in [0.4, 0.5) is 0 Å². The second-order valence-electron chi connectivity index (χ2n) is 6.09. The van der Waals surface area contributed by atoms with Crippen LogP contribution in [0.2, 0.25) is 20.1 Å². The van der Waals surface area contributed by atoms with Crippen molar-refractivity contribution in [2.75, 3.05) is 0 Å². The van der Waals surface area contributed by atoms with Crippen molar-refractivity contribution in [2.45, 2.75) is 4.75 Å². The quantitative estimate of drug-likeness (QED) is 0.311. The normalized spacial score (nSPS) is 12.2. The molecule has 10 heteroatoms. The van der Waals surface area contributed by atoms with Gasteiger partial charge < -0.3 is 10.2 Å². The van der Waals surface area contributed by atoms with Crippen molar-refractivity contribution in [2.24, 2.45) is 0 Å². The Kier molecular flexibility index (Phi) is 5.98. The zero-order valence-electron chi connectivity index (χ0n) is 14.3. The highest BCUT2D eigenvalue weighted by atomic mass is 35.5. The Hall–Kier alpha value is -1.67. The van der Waals surface area contributed by atoms with Gasteiger partial charge in [-0.05, 0) is 41.5 Å². The van der Waals surface area contributed by atoms with E-state index in [4.69, 9.17) is 46.4 Å². The number of rotatable bonds is 4. The Morgan fingerprint density at radius 1 is 0.724 bits per heavy atom. The van der Waals surface area contributed by atoms with E-state index >= 15 is 0 Å². The van der Waals surface area contributed by atoms with Crippen molar-refractivity contribution < 1.29 is 23.2 Å². The van der Waals surface area contributed by atoms with Gasteiger partial charge in [0.1, 0.15) is 10.8 Å². The summed E-state index contributed by atoms with van der Waals surface area (Å²) in [4.78, 5) is 0. The summed E-state index contributed by atoms with van der Waals surface area (Å²) in [6, 6.07) is 12.2. The average molecular weight is 494 g/mol. The molecule has 3 N–H and O–H groups in total. The molecule has 0 amide bonds. The Balaban J connectivity index is 2.57. The Bertz CT molecular complexity index is 1130. The summed E-state index contributed by atoms with van der Waals surface area (Å²) >= 11 is 23.8. The lowest BCUT2D eigenvalue weighted by Gasteiger charge is -2.33. The summed E-state index contributed by atoms with van der Waals surface area (Å²) in [7, 11) is -5.03. The number of hydrogen-bond donors (Lipinski definition) is 3. The van der Waals surface area contributed by atoms with Crippen molar-refractivity contribution in [1.29, 1.82) is 0 Å². The van der Waals surface area contributed by atoms with Gasteiger partial charge in [-0.15, -0.1) is 0 Å². The molecule has 5 nitrogen and oxygen atoms in total. The smallest absolute Gasteiger partial charge is 0.283 e. The molecule has 3 aromatic rings. The Labute approximate surface area is 186 Å². The molecule has 0 unspecified atom stereocenters. The molecule has 3 aromatic carbocycles. The summed E-state index contributed by atoms with van der Waals surface area (Å²) in [6.07, 6.45) is 0. The van der Waals surface area contributed by atoms with E-state index in [0.717, 1.165) is 6.07 Å². The molecule has 0 aliphatic carbocycles. The summed E-state index contributed by atoms with van der Waals surface area (Å²) in [6.45, 7) is 0. The van der Waals surface area contributed by atoms with Gasteiger partial charge >= 0.3 is 0 Å². The van der Waals surface area contributed by atoms with Gasteiger partial charge in [0.15, 0.2) is 10.5 Å². The second-order valence-corrected chi connectivity index (χ2v) is 9.31. The third kappa shape index (κ3) is 3.65. The molecule has 0 saturated heterocycles. The fourth-order valence-corrected chi connectivity index (χ4v) is 5.16. The highest BCUT2D eigenvalue weighted by Gasteiger charge is 2.50. The monoisotopic (exact) mass is 492 g/mol. The summed E-state index contributed by atoms with van der Waals surface area (Å²) in [5, 5.41) is 20.3. The molecule has 0 aliphatic heterocycles. The summed E-state index contributed by atoms with van der Waals surface area (Å²) in [5.74, 6) is -1.40. The lowest BCUT2D eigenvalue weighted by molar-refractivity contribution is 0.431. The van der Waals surface area contributed by atoms with Crippen LogP contribution < -0.4 is 0 Å². The zero-order valence-corrected chi connectivity index (χ0v) is 18.1. The number of aromatic hydroxyl groups is 2. The standard InChI is InChI=1S/C19H12Cl4O5S/c20-12-5-1-10(2-6-12)19(29(26,27)28,11-3-7-13(21)8-4-11)14-9-15(22)18(25)16(23)17(14)24/h1-9,24-25H,(H,26,27,28). The minimum atomic E-state index is -5.03. The molecule has 0 fully saturated rings. The van der Waals surface area contributed by atoms with Crippen molar-refractivity contribution in [1.82, 2.24) is 0 Å². The SMILES string of the molecule is O=S(=O)(O)C(c1ccc(Cl)cc1)(c1ccc(Cl)cc1)c1cc(Cl)c(O)c(Cl)c1O. The van der Waals surface area contributed by atoms with Gasteiger partial charge in [0.2, 0.25) is 0 Å². The fourth-order valence-electron chi connectivity index (χ4n) is 3.15. The zero-order chi connectivity index (χ0) is 21.6. The summed E-state index contributed by atoms with van der Waals surface area (Å²) < 4.78 is 33.9. The van der Waals surface area contributed by atoms with Crippen LogP contribution in [0.5, 0.6) is 11.5 Å². The van der Waals surface area contributed by atoms with Gasteiger partial charge in [-0.3, -0.25) is 4.55 Å². The molecule has 0 bridgehead atoms. The van der Waals surface area contributed by atoms with Gasteiger partial charge in [-0.25, -0.2) is 0 Å². The molecule has 29 heavy (non-hydrogen) atoms. The first kappa shape index (κ1) is 22.0. The minimum absolute atomic E-state index is 0.0415. The van der Waals surface area contributed by atoms with Gasteiger partial charge in [-0.2, -0.15) is 8.42 Å². The fraction of sp³-hybridized carbons (Fsp3) is 0.0526. The topological polar surface area (TPSA) is 94.8 Å². The lowest BCUT2D eigenvalue weighted by Crippen LogP contribution is -2.38. The third-order valence-electron chi connectivity index (χ3n) is 4.44. The average Bonchev–Trinajstić information content (AvgIpc) is 2.66. The number of phenols is 2. The highest BCUT2D eigenvalue weighted by Crippen LogP contribution is 2.52. The predicted octanol–water partition coefficient (Wildman–Crippen LogP) is 5.89. The third-order valence-corrected chi connectivity index (χ3v) is 7.05. The van der Waals surface area contributed by atoms with E-state index in [1.165, 1.54) is 48.5 Å². The van der Waals surface area contributed by atoms with E-state index in [-0.39, 0.29) is 21.7 Å².